The van der Waals surface area contributed by atoms with Crippen LogP contribution >= 0.6 is 0 Å². The van der Waals surface area contributed by atoms with Gasteiger partial charge in [-0.3, -0.25) is 4.79 Å². The number of alkyl halides is 2. The first-order chi connectivity index (χ1) is 16.0. The topological polar surface area (TPSA) is 81.1 Å². The number of nitriles is 1. The molecule has 3 aromatic rings. The molecule has 4 rings (SSSR count). The molecule has 0 aliphatic carbocycles. The number of aromatic nitrogens is 1. The molecule has 0 unspecified atom stereocenters. The summed E-state index contributed by atoms with van der Waals surface area (Å²) in [7, 11) is 0. The van der Waals surface area contributed by atoms with Gasteiger partial charge in [-0.2, -0.15) is 5.26 Å². The first-order valence-corrected chi connectivity index (χ1v) is 10.6. The van der Waals surface area contributed by atoms with Gasteiger partial charge in [0.15, 0.2) is 0 Å². The number of amides is 1. The second-order valence-corrected chi connectivity index (χ2v) is 7.85. The first-order valence-electron chi connectivity index (χ1n) is 10.6. The Bertz CT molecular complexity index is 1220. The normalized spacial score (nSPS) is 13.6. The number of rotatable bonds is 5. The highest BCUT2D eigenvalue weighted by Crippen LogP contribution is 2.30. The lowest BCUT2D eigenvalue weighted by molar-refractivity contribution is 0.102. The van der Waals surface area contributed by atoms with E-state index >= 15 is 0 Å². The highest BCUT2D eigenvalue weighted by molar-refractivity contribution is 6.04. The van der Waals surface area contributed by atoms with Crippen molar-refractivity contribution in [2.24, 2.45) is 0 Å². The molecule has 0 spiro atoms. The summed E-state index contributed by atoms with van der Waals surface area (Å²) in [6.45, 7) is 5.19. The molecule has 1 aliphatic rings. The van der Waals surface area contributed by atoms with Crippen LogP contribution in [0.2, 0.25) is 0 Å². The van der Waals surface area contributed by atoms with Gasteiger partial charge < -0.3 is 15.5 Å². The molecule has 0 atom stereocenters. The summed E-state index contributed by atoms with van der Waals surface area (Å²) in [5.74, 6) is 0.195. The fraction of sp³-hybridized carbons (Fsp3) is 0.240. The second kappa shape index (κ2) is 9.76. The molecule has 168 valence electrons. The number of benzene rings is 2. The summed E-state index contributed by atoms with van der Waals surface area (Å²) >= 11 is 0. The van der Waals surface area contributed by atoms with Crippen LogP contribution in [-0.2, 0) is 0 Å². The summed E-state index contributed by atoms with van der Waals surface area (Å²) in [6.07, 6.45) is -0.909. The van der Waals surface area contributed by atoms with Gasteiger partial charge in [0.05, 0.1) is 5.56 Å². The van der Waals surface area contributed by atoms with E-state index in [4.69, 9.17) is 0 Å². The van der Waals surface area contributed by atoms with Crippen molar-refractivity contribution in [3.8, 4) is 17.2 Å². The number of aryl methyl sites for hydroxylation is 1. The van der Waals surface area contributed by atoms with Crippen molar-refractivity contribution in [3.63, 3.8) is 0 Å². The predicted octanol–water partition coefficient (Wildman–Crippen LogP) is 4.53. The highest BCUT2D eigenvalue weighted by Gasteiger charge is 2.17. The van der Waals surface area contributed by atoms with Crippen molar-refractivity contribution >= 4 is 17.4 Å². The van der Waals surface area contributed by atoms with E-state index in [-0.39, 0.29) is 11.1 Å². The molecule has 33 heavy (non-hydrogen) atoms. The van der Waals surface area contributed by atoms with E-state index in [2.05, 4.69) is 26.6 Å². The standard InChI is InChI=1S/C25H23F2N5O/c1-16-5-6-21(31-25(33)18-4-2-3-17(11-18)23(26)27)13-22(16)20-12-19(14-28)24(30-15-20)32-9-7-29-8-10-32/h2-6,11-13,15,23,29H,7-10H2,1H3,(H,31,33). The number of halogens is 2. The maximum Gasteiger partial charge on any atom is 0.263 e. The molecule has 1 fully saturated rings. The minimum Gasteiger partial charge on any atom is -0.353 e. The van der Waals surface area contributed by atoms with Gasteiger partial charge in [0.1, 0.15) is 11.9 Å². The number of hydrogen-bond donors (Lipinski definition) is 2. The Morgan fingerprint density at radius 2 is 1.97 bits per heavy atom. The van der Waals surface area contributed by atoms with Crippen molar-refractivity contribution in [1.29, 1.82) is 5.26 Å². The van der Waals surface area contributed by atoms with Gasteiger partial charge >= 0.3 is 0 Å². The molecule has 0 bridgehead atoms. The number of pyridine rings is 1. The van der Waals surface area contributed by atoms with Crippen LogP contribution in [-0.4, -0.2) is 37.1 Å². The number of carbonyl (C=O) groups is 1. The third-order valence-electron chi connectivity index (χ3n) is 5.61. The Morgan fingerprint density at radius 3 is 2.70 bits per heavy atom. The zero-order valence-electron chi connectivity index (χ0n) is 18.1. The summed E-state index contributed by atoms with van der Waals surface area (Å²) in [5, 5.41) is 15.8. The summed E-state index contributed by atoms with van der Waals surface area (Å²) < 4.78 is 25.9. The Kier molecular flexibility index (Phi) is 6.61. The molecule has 1 amide bonds. The third-order valence-corrected chi connectivity index (χ3v) is 5.61. The Balaban J connectivity index is 1.60. The SMILES string of the molecule is Cc1ccc(NC(=O)c2cccc(C(F)F)c2)cc1-c1cnc(N2CCNCC2)c(C#N)c1. The Hall–Kier alpha value is -3.83. The van der Waals surface area contributed by atoms with E-state index in [9.17, 15) is 18.8 Å². The summed E-state index contributed by atoms with van der Waals surface area (Å²) in [5.41, 5.74) is 3.51. The van der Waals surface area contributed by atoms with Crippen molar-refractivity contribution in [2.75, 3.05) is 36.4 Å². The number of nitrogens with one attached hydrogen (secondary N) is 2. The lowest BCUT2D eigenvalue weighted by Gasteiger charge is -2.29. The van der Waals surface area contributed by atoms with Gasteiger partial charge in [-0.1, -0.05) is 18.2 Å². The van der Waals surface area contributed by atoms with Crippen molar-refractivity contribution in [1.82, 2.24) is 10.3 Å². The van der Waals surface area contributed by atoms with Crippen LogP contribution in [0.3, 0.4) is 0 Å². The lowest BCUT2D eigenvalue weighted by atomic mass is 9.99. The van der Waals surface area contributed by atoms with Crippen LogP contribution in [0.25, 0.3) is 11.1 Å². The van der Waals surface area contributed by atoms with Gasteiger partial charge in [-0.05, 0) is 48.4 Å². The van der Waals surface area contributed by atoms with Gasteiger partial charge in [0.2, 0.25) is 0 Å². The fourth-order valence-electron chi connectivity index (χ4n) is 3.85. The molecule has 6 nitrogen and oxygen atoms in total. The van der Waals surface area contributed by atoms with E-state index in [1.54, 1.807) is 18.3 Å². The Morgan fingerprint density at radius 1 is 1.18 bits per heavy atom. The molecule has 0 radical (unpaired) electrons. The third kappa shape index (κ3) is 4.99. The quantitative estimate of drug-likeness (QED) is 0.601. The van der Waals surface area contributed by atoms with E-state index in [1.807, 2.05) is 19.1 Å². The average Bonchev–Trinajstić information content (AvgIpc) is 2.85. The molecule has 0 saturated carbocycles. The highest BCUT2D eigenvalue weighted by atomic mass is 19.3. The van der Waals surface area contributed by atoms with Crippen molar-refractivity contribution < 1.29 is 13.6 Å². The van der Waals surface area contributed by atoms with Crippen LogP contribution in [0.1, 0.15) is 33.5 Å². The van der Waals surface area contributed by atoms with Crippen LogP contribution in [0, 0.1) is 18.3 Å². The molecule has 2 heterocycles. The molecule has 2 N–H and O–H groups in total. The second-order valence-electron chi connectivity index (χ2n) is 7.85. The number of nitrogens with zero attached hydrogens (tertiary/aromatic N) is 3. The van der Waals surface area contributed by atoms with Crippen LogP contribution < -0.4 is 15.5 Å². The summed E-state index contributed by atoms with van der Waals surface area (Å²) in [6, 6.07) is 14.9. The minimum absolute atomic E-state index is 0.156. The van der Waals surface area contributed by atoms with Gasteiger partial charge in [-0.25, -0.2) is 13.8 Å². The molecule has 2 aromatic carbocycles. The molecule has 1 aromatic heterocycles. The fourth-order valence-corrected chi connectivity index (χ4v) is 3.85. The molecule has 8 heteroatoms. The van der Waals surface area contributed by atoms with Crippen molar-refractivity contribution in [2.45, 2.75) is 13.3 Å². The average molecular weight is 447 g/mol. The number of anilines is 2. The van der Waals surface area contributed by atoms with Crippen LogP contribution in [0.5, 0.6) is 0 Å². The zero-order valence-corrected chi connectivity index (χ0v) is 18.1. The van der Waals surface area contributed by atoms with Crippen LogP contribution in [0.15, 0.2) is 54.7 Å². The number of piperazine rings is 1. The van der Waals surface area contributed by atoms with E-state index in [0.717, 1.165) is 42.9 Å². The van der Waals surface area contributed by atoms with E-state index in [0.29, 0.717) is 17.1 Å². The smallest absolute Gasteiger partial charge is 0.263 e. The largest absolute Gasteiger partial charge is 0.353 e. The Labute approximate surface area is 190 Å². The van der Waals surface area contributed by atoms with E-state index in [1.165, 1.54) is 24.3 Å². The summed E-state index contributed by atoms with van der Waals surface area (Å²) in [4.78, 5) is 19.3. The lowest BCUT2D eigenvalue weighted by Crippen LogP contribution is -2.44. The van der Waals surface area contributed by atoms with Gasteiger partial charge in [0, 0.05) is 54.8 Å². The molecule has 1 aliphatic heterocycles. The monoisotopic (exact) mass is 447 g/mol. The minimum atomic E-state index is -2.64. The first kappa shape index (κ1) is 22.4. The van der Waals surface area contributed by atoms with Gasteiger partial charge in [0.25, 0.3) is 12.3 Å². The molecular weight excluding hydrogens is 424 g/mol. The van der Waals surface area contributed by atoms with E-state index < -0.39 is 12.3 Å². The molecular formula is C25H23F2N5O. The predicted molar refractivity (Wildman–Crippen MR) is 124 cm³/mol. The van der Waals surface area contributed by atoms with Crippen LogP contribution in [0.4, 0.5) is 20.3 Å². The zero-order chi connectivity index (χ0) is 23.4. The molecule has 1 saturated heterocycles. The van der Waals surface area contributed by atoms with Crippen molar-refractivity contribution in [3.05, 3.63) is 77.0 Å². The maximum atomic E-state index is 13.0. The maximum absolute atomic E-state index is 13.0. The van der Waals surface area contributed by atoms with Gasteiger partial charge in [-0.15, -0.1) is 0 Å². The number of hydrogen-bond acceptors (Lipinski definition) is 5. The number of carbonyl (C=O) groups excluding carboxylic acids is 1.